The molecule has 0 saturated carbocycles. The summed E-state index contributed by atoms with van der Waals surface area (Å²) < 4.78 is 26.6. The molecule has 1 amide bonds. The third-order valence-corrected chi connectivity index (χ3v) is 2.82. The third kappa shape index (κ3) is 3.65. The molecule has 0 aliphatic carbocycles. The second kappa shape index (κ2) is 6.66. The van der Waals surface area contributed by atoms with E-state index in [-0.39, 0.29) is 36.3 Å². The van der Waals surface area contributed by atoms with Gasteiger partial charge in [0.25, 0.3) is 0 Å². The maximum atomic E-state index is 13.3. The molecule has 1 aliphatic heterocycles. The molecular formula is C12H15ClF2N2O. The molecular weight excluding hydrogens is 262 g/mol. The number of nitrogens with one attached hydrogen (secondary N) is 2. The number of amides is 1. The van der Waals surface area contributed by atoms with Crippen LogP contribution >= 0.6 is 12.4 Å². The molecule has 1 aliphatic rings. The van der Waals surface area contributed by atoms with Crippen molar-refractivity contribution in [2.75, 3.05) is 13.1 Å². The maximum Gasteiger partial charge on any atom is 0.224 e. The predicted molar refractivity (Wildman–Crippen MR) is 66.7 cm³/mol. The second-order valence-electron chi connectivity index (χ2n) is 4.13. The van der Waals surface area contributed by atoms with Crippen molar-refractivity contribution >= 4 is 18.3 Å². The summed E-state index contributed by atoms with van der Waals surface area (Å²) in [5.41, 5.74) is -0.170. The topological polar surface area (TPSA) is 41.1 Å². The largest absolute Gasteiger partial charge is 0.352 e. The number of hydrogen-bond donors (Lipinski definition) is 2. The fraction of sp³-hybridized carbons (Fsp3) is 0.417. The van der Waals surface area contributed by atoms with E-state index in [0.29, 0.717) is 6.54 Å². The van der Waals surface area contributed by atoms with Crippen molar-refractivity contribution in [2.24, 2.45) is 0 Å². The molecule has 2 N–H and O–H groups in total. The monoisotopic (exact) mass is 276 g/mol. The van der Waals surface area contributed by atoms with Crippen LogP contribution in [0.25, 0.3) is 0 Å². The average molecular weight is 277 g/mol. The number of carbonyl (C=O) groups excluding carboxylic acids is 1. The van der Waals surface area contributed by atoms with Crippen LogP contribution in [0.4, 0.5) is 8.78 Å². The van der Waals surface area contributed by atoms with Gasteiger partial charge >= 0.3 is 0 Å². The highest BCUT2D eigenvalue weighted by Crippen LogP contribution is 2.12. The molecule has 3 nitrogen and oxygen atoms in total. The molecule has 1 aromatic carbocycles. The Labute approximate surface area is 110 Å². The number of benzene rings is 1. The van der Waals surface area contributed by atoms with Crippen LogP contribution in [0.3, 0.4) is 0 Å². The lowest BCUT2D eigenvalue weighted by Gasteiger charge is -2.11. The normalized spacial score (nSPS) is 18.2. The van der Waals surface area contributed by atoms with Gasteiger partial charge in [0.05, 0.1) is 6.42 Å². The molecule has 1 unspecified atom stereocenters. The van der Waals surface area contributed by atoms with Crippen LogP contribution in [-0.4, -0.2) is 25.0 Å². The Morgan fingerprint density at radius 2 is 2.06 bits per heavy atom. The maximum absolute atomic E-state index is 13.3. The van der Waals surface area contributed by atoms with Gasteiger partial charge < -0.3 is 10.6 Å². The van der Waals surface area contributed by atoms with Crippen molar-refractivity contribution in [3.63, 3.8) is 0 Å². The minimum atomic E-state index is -0.676. The molecule has 100 valence electrons. The van der Waals surface area contributed by atoms with E-state index in [1.54, 1.807) is 0 Å². The molecule has 1 aromatic rings. The minimum absolute atomic E-state index is 0. The molecule has 1 saturated heterocycles. The van der Waals surface area contributed by atoms with E-state index in [9.17, 15) is 13.6 Å². The molecule has 1 atom stereocenters. The van der Waals surface area contributed by atoms with E-state index in [2.05, 4.69) is 10.6 Å². The smallest absolute Gasteiger partial charge is 0.224 e. The van der Waals surface area contributed by atoms with Gasteiger partial charge in [-0.15, -0.1) is 12.4 Å². The lowest BCUT2D eigenvalue weighted by atomic mass is 10.1. The number of hydrogen-bond acceptors (Lipinski definition) is 2. The van der Waals surface area contributed by atoms with Gasteiger partial charge in [0.15, 0.2) is 0 Å². The summed E-state index contributed by atoms with van der Waals surface area (Å²) in [4.78, 5) is 11.6. The number of rotatable bonds is 3. The summed E-state index contributed by atoms with van der Waals surface area (Å²) in [7, 11) is 0. The summed E-state index contributed by atoms with van der Waals surface area (Å²) in [5.74, 6) is -1.70. The molecule has 0 aromatic heterocycles. The summed E-state index contributed by atoms with van der Waals surface area (Å²) in [6.07, 6.45) is 0.598. The second-order valence-corrected chi connectivity index (χ2v) is 4.13. The molecule has 2 rings (SSSR count). The Kier molecular flexibility index (Phi) is 5.50. The van der Waals surface area contributed by atoms with Crippen molar-refractivity contribution in [2.45, 2.75) is 18.9 Å². The zero-order valence-electron chi connectivity index (χ0n) is 9.71. The van der Waals surface area contributed by atoms with E-state index in [0.717, 1.165) is 25.1 Å². The van der Waals surface area contributed by atoms with Crippen molar-refractivity contribution in [1.29, 1.82) is 0 Å². The zero-order valence-corrected chi connectivity index (χ0v) is 10.5. The van der Waals surface area contributed by atoms with E-state index >= 15 is 0 Å². The van der Waals surface area contributed by atoms with Gasteiger partial charge in [0.1, 0.15) is 11.6 Å². The van der Waals surface area contributed by atoms with Crippen LogP contribution in [0.1, 0.15) is 12.0 Å². The standard InChI is InChI=1S/C12H14F2N2O.ClH/c13-10-2-1-3-11(14)9(10)6-12(17)16-8-4-5-15-7-8;/h1-3,8,15H,4-7H2,(H,16,17);1H. The average Bonchev–Trinajstić information content (AvgIpc) is 2.76. The van der Waals surface area contributed by atoms with Gasteiger partial charge in [-0.1, -0.05) is 6.07 Å². The van der Waals surface area contributed by atoms with E-state index in [4.69, 9.17) is 0 Å². The molecule has 6 heteroatoms. The lowest BCUT2D eigenvalue weighted by Crippen LogP contribution is -2.37. The Morgan fingerprint density at radius 1 is 1.39 bits per heavy atom. The Morgan fingerprint density at radius 3 is 2.61 bits per heavy atom. The number of halogens is 3. The summed E-state index contributed by atoms with van der Waals surface area (Å²) in [6, 6.07) is 3.66. The van der Waals surface area contributed by atoms with Crippen molar-refractivity contribution in [3.05, 3.63) is 35.4 Å². The van der Waals surface area contributed by atoms with Crippen LogP contribution in [0.15, 0.2) is 18.2 Å². The van der Waals surface area contributed by atoms with Crippen molar-refractivity contribution < 1.29 is 13.6 Å². The van der Waals surface area contributed by atoms with Crippen molar-refractivity contribution in [3.8, 4) is 0 Å². The van der Waals surface area contributed by atoms with Crippen LogP contribution < -0.4 is 10.6 Å². The van der Waals surface area contributed by atoms with Gasteiger partial charge in [-0.2, -0.15) is 0 Å². The van der Waals surface area contributed by atoms with Gasteiger partial charge in [-0.05, 0) is 25.1 Å². The molecule has 0 radical (unpaired) electrons. The van der Waals surface area contributed by atoms with Crippen LogP contribution in [0.2, 0.25) is 0 Å². The first-order chi connectivity index (χ1) is 8.16. The first kappa shape index (κ1) is 14.9. The fourth-order valence-corrected chi connectivity index (χ4v) is 1.92. The highest BCUT2D eigenvalue weighted by atomic mass is 35.5. The van der Waals surface area contributed by atoms with Crippen LogP contribution in [-0.2, 0) is 11.2 Å². The molecule has 1 heterocycles. The van der Waals surface area contributed by atoms with Crippen LogP contribution in [0, 0.1) is 11.6 Å². The van der Waals surface area contributed by atoms with E-state index in [1.165, 1.54) is 6.07 Å². The van der Waals surface area contributed by atoms with Crippen LogP contribution in [0.5, 0.6) is 0 Å². The molecule has 0 spiro atoms. The zero-order chi connectivity index (χ0) is 12.3. The lowest BCUT2D eigenvalue weighted by molar-refractivity contribution is -0.121. The summed E-state index contributed by atoms with van der Waals surface area (Å²) >= 11 is 0. The highest BCUT2D eigenvalue weighted by molar-refractivity contribution is 5.85. The predicted octanol–water partition coefficient (Wildman–Crippen LogP) is 1.41. The summed E-state index contributed by atoms with van der Waals surface area (Å²) in [5, 5.41) is 5.85. The number of carbonyl (C=O) groups is 1. The Hall–Kier alpha value is -1.20. The minimum Gasteiger partial charge on any atom is -0.352 e. The fourth-order valence-electron chi connectivity index (χ4n) is 1.92. The van der Waals surface area contributed by atoms with E-state index in [1.807, 2.05) is 0 Å². The van der Waals surface area contributed by atoms with Crippen molar-refractivity contribution in [1.82, 2.24) is 10.6 Å². The molecule has 0 bridgehead atoms. The van der Waals surface area contributed by atoms with Gasteiger partial charge in [-0.3, -0.25) is 4.79 Å². The van der Waals surface area contributed by atoms with Gasteiger partial charge in [0, 0.05) is 18.2 Å². The molecule has 18 heavy (non-hydrogen) atoms. The highest BCUT2D eigenvalue weighted by Gasteiger charge is 2.18. The van der Waals surface area contributed by atoms with Gasteiger partial charge in [-0.25, -0.2) is 8.78 Å². The summed E-state index contributed by atoms with van der Waals surface area (Å²) in [6.45, 7) is 1.57. The Bertz CT molecular complexity index is 402. The Balaban J connectivity index is 0.00000162. The van der Waals surface area contributed by atoms with E-state index < -0.39 is 11.6 Å². The first-order valence-corrected chi connectivity index (χ1v) is 5.60. The molecule has 1 fully saturated rings. The quantitative estimate of drug-likeness (QED) is 0.876. The SMILES string of the molecule is Cl.O=C(Cc1c(F)cccc1F)NC1CCNC1. The first-order valence-electron chi connectivity index (χ1n) is 5.60. The van der Waals surface area contributed by atoms with Gasteiger partial charge in [0.2, 0.25) is 5.91 Å². The third-order valence-electron chi connectivity index (χ3n) is 2.82.